The van der Waals surface area contributed by atoms with Gasteiger partial charge in [0.1, 0.15) is 12.4 Å². The summed E-state index contributed by atoms with van der Waals surface area (Å²) in [6.45, 7) is 1.65. The third kappa shape index (κ3) is 7.66. The minimum Gasteiger partial charge on any atom is -0.481 e. The van der Waals surface area contributed by atoms with Crippen LogP contribution in [0.4, 0.5) is 4.39 Å². The normalized spacial score (nSPS) is 11.3. The summed E-state index contributed by atoms with van der Waals surface area (Å²) in [5.41, 5.74) is 0.346. The van der Waals surface area contributed by atoms with Crippen molar-refractivity contribution in [2.24, 2.45) is 5.92 Å². The van der Waals surface area contributed by atoms with Crippen LogP contribution in [0.15, 0.2) is 24.3 Å². The van der Waals surface area contributed by atoms with Crippen molar-refractivity contribution in [2.45, 2.75) is 39.2 Å². The molecule has 0 fully saturated rings. The Labute approximate surface area is 129 Å². The molecule has 1 aromatic carbocycles. The summed E-state index contributed by atoms with van der Waals surface area (Å²) < 4.78 is 18.4. The molecule has 0 amide bonds. The van der Waals surface area contributed by atoms with E-state index in [1.807, 2.05) is 0 Å². The highest BCUT2D eigenvalue weighted by Gasteiger charge is 2.15. The van der Waals surface area contributed by atoms with Gasteiger partial charge in [0.15, 0.2) is 0 Å². The third-order valence-corrected chi connectivity index (χ3v) is 3.01. The lowest BCUT2D eigenvalue weighted by Gasteiger charge is -2.11. The van der Waals surface area contributed by atoms with Gasteiger partial charge in [-0.2, -0.15) is 0 Å². The van der Waals surface area contributed by atoms with Crippen LogP contribution in [-0.4, -0.2) is 17.0 Å². The van der Waals surface area contributed by atoms with E-state index in [1.165, 1.54) is 6.07 Å². The van der Waals surface area contributed by atoms with E-state index in [0.717, 1.165) is 0 Å². The summed E-state index contributed by atoms with van der Waals surface area (Å²) in [5.74, 6) is -1.92. The molecule has 0 radical (unpaired) electrons. The first-order valence-corrected chi connectivity index (χ1v) is 6.62. The summed E-state index contributed by atoms with van der Waals surface area (Å²) in [7, 11) is 0. The van der Waals surface area contributed by atoms with Crippen LogP contribution in [0.5, 0.6) is 0 Å². The number of aliphatic carboxylic acids is 1. The second kappa shape index (κ2) is 10.2. The highest BCUT2D eigenvalue weighted by molar-refractivity contribution is 5.85. The predicted molar refractivity (Wildman–Crippen MR) is 78.7 cm³/mol. The molecule has 0 saturated carbocycles. The number of carbonyl (C=O) groups is 2. The molecule has 0 bridgehead atoms. The van der Waals surface area contributed by atoms with Gasteiger partial charge in [0.25, 0.3) is 0 Å². The summed E-state index contributed by atoms with van der Waals surface area (Å²) in [6.07, 6.45) is 1.88. The number of carboxylic acids is 1. The number of carbonyl (C=O) groups excluding carboxylic acids is 1. The van der Waals surface area contributed by atoms with Crippen molar-refractivity contribution in [3.05, 3.63) is 35.6 Å². The lowest BCUT2D eigenvalue weighted by Crippen LogP contribution is -2.15. The van der Waals surface area contributed by atoms with Crippen molar-refractivity contribution in [1.82, 2.24) is 0 Å². The van der Waals surface area contributed by atoms with Crippen molar-refractivity contribution < 1.29 is 23.8 Å². The molecule has 0 spiro atoms. The second-order valence-electron chi connectivity index (χ2n) is 4.74. The number of hydrogen-bond acceptors (Lipinski definition) is 3. The number of carboxylic acid groups (broad SMARTS) is 1. The summed E-state index contributed by atoms with van der Waals surface area (Å²) in [4.78, 5) is 22.0. The maximum atomic E-state index is 13.3. The highest BCUT2D eigenvalue weighted by atomic mass is 35.5. The van der Waals surface area contributed by atoms with Gasteiger partial charge in [0.05, 0.1) is 5.92 Å². The molecule has 1 atom stereocenters. The zero-order chi connectivity index (χ0) is 15.0. The Morgan fingerprint density at radius 2 is 1.95 bits per heavy atom. The Morgan fingerprint density at radius 1 is 1.29 bits per heavy atom. The molecule has 0 saturated heterocycles. The maximum absolute atomic E-state index is 13.3. The molecule has 0 aromatic heterocycles. The molecule has 1 rings (SSSR count). The van der Waals surface area contributed by atoms with Gasteiger partial charge in [-0.25, -0.2) is 4.39 Å². The van der Waals surface area contributed by atoms with E-state index in [4.69, 9.17) is 9.84 Å². The number of benzene rings is 1. The van der Waals surface area contributed by atoms with Crippen molar-refractivity contribution in [3.8, 4) is 0 Å². The molecule has 6 heteroatoms. The average Bonchev–Trinajstić information content (AvgIpc) is 2.42. The van der Waals surface area contributed by atoms with Gasteiger partial charge < -0.3 is 9.84 Å². The number of unbranched alkanes of at least 4 members (excludes halogenated alkanes) is 1. The predicted octanol–water partition coefficient (Wildman–Crippen LogP) is 3.57. The summed E-state index contributed by atoms with van der Waals surface area (Å²) in [5, 5.41) is 8.50. The van der Waals surface area contributed by atoms with Gasteiger partial charge >= 0.3 is 11.9 Å². The molecule has 0 aliphatic heterocycles. The van der Waals surface area contributed by atoms with E-state index in [1.54, 1.807) is 25.1 Å². The topological polar surface area (TPSA) is 63.6 Å². The standard InChI is InChI=1S/C15H19FO4.ClH/c1-11(6-2-5-9-14(17)18)15(19)20-10-12-7-3-4-8-13(12)16;/h3-4,7-8,11H,2,5-6,9-10H2,1H3,(H,17,18);1H. The number of rotatable bonds is 8. The summed E-state index contributed by atoms with van der Waals surface area (Å²) >= 11 is 0. The van der Waals surface area contributed by atoms with E-state index < -0.39 is 11.8 Å². The van der Waals surface area contributed by atoms with E-state index in [-0.39, 0.29) is 37.3 Å². The summed E-state index contributed by atoms with van der Waals surface area (Å²) in [6, 6.07) is 6.14. The first-order chi connectivity index (χ1) is 9.50. The van der Waals surface area contributed by atoms with E-state index in [0.29, 0.717) is 24.8 Å². The van der Waals surface area contributed by atoms with Crippen LogP contribution in [0.3, 0.4) is 0 Å². The van der Waals surface area contributed by atoms with Crippen molar-refractivity contribution in [2.75, 3.05) is 0 Å². The molecule has 1 unspecified atom stereocenters. The first-order valence-electron chi connectivity index (χ1n) is 6.62. The van der Waals surface area contributed by atoms with Crippen molar-refractivity contribution in [3.63, 3.8) is 0 Å². The number of hydrogen-bond donors (Lipinski definition) is 1. The van der Waals surface area contributed by atoms with Gasteiger partial charge in [0, 0.05) is 12.0 Å². The minimum absolute atomic E-state index is 0. The monoisotopic (exact) mass is 318 g/mol. The lowest BCUT2D eigenvalue weighted by atomic mass is 10.0. The van der Waals surface area contributed by atoms with E-state index >= 15 is 0 Å². The quantitative estimate of drug-likeness (QED) is 0.588. The van der Waals surface area contributed by atoms with Crippen molar-refractivity contribution >= 4 is 24.3 Å². The van der Waals surface area contributed by atoms with Crippen molar-refractivity contribution in [1.29, 1.82) is 0 Å². The van der Waals surface area contributed by atoms with Crippen LogP contribution in [0.1, 0.15) is 38.2 Å². The van der Waals surface area contributed by atoms with Gasteiger partial charge in [-0.1, -0.05) is 31.5 Å². The van der Waals surface area contributed by atoms with Crippen LogP contribution in [0, 0.1) is 11.7 Å². The Balaban J connectivity index is 0.00000400. The third-order valence-electron chi connectivity index (χ3n) is 3.01. The molecular weight excluding hydrogens is 299 g/mol. The smallest absolute Gasteiger partial charge is 0.308 e. The highest BCUT2D eigenvalue weighted by Crippen LogP contribution is 2.13. The molecule has 1 N–H and O–H groups in total. The molecule has 0 aliphatic rings. The van der Waals surface area contributed by atoms with E-state index in [2.05, 4.69) is 0 Å². The molecule has 21 heavy (non-hydrogen) atoms. The lowest BCUT2D eigenvalue weighted by molar-refractivity contribution is -0.149. The van der Waals surface area contributed by atoms with E-state index in [9.17, 15) is 14.0 Å². The number of ether oxygens (including phenoxy) is 1. The molecule has 0 heterocycles. The molecule has 118 valence electrons. The van der Waals surface area contributed by atoms with Gasteiger partial charge in [-0.05, 0) is 18.9 Å². The first kappa shape index (κ1) is 19.4. The maximum Gasteiger partial charge on any atom is 0.308 e. The Hall–Kier alpha value is -1.62. The van der Waals surface area contributed by atoms with Gasteiger partial charge in [-0.15, -0.1) is 12.4 Å². The Morgan fingerprint density at radius 3 is 2.57 bits per heavy atom. The average molecular weight is 319 g/mol. The van der Waals surface area contributed by atoms with Crippen LogP contribution in [-0.2, 0) is 20.9 Å². The fourth-order valence-electron chi connectivity index (χ4n) is 1.75. The van der Waals surface area contributed by atoms with Gasteiger partial charge in [-0.3, -0.25) is 9.59 Å². The molecule has 0 aliphatic carbocycles. The zero-order valence-corrected chi connectivity index (χ0v) is 12.7. The van der Waals surface area contributed by atoms with Crippen LogP contribution in [0.2, 0.25) is 0 Å². The number of halogens is 2. The Bertz CT molecular complexity index is 465. The Kier molecular flexibility index (Phi) is 9.37. The molecular formula is C15H20ClFO4. The van der Waals surface area contributed by atoms with Crippen LogP contribution >= 0.6 is 12.4 Å². The molecule has 4 nitrogen and oxygen atoms in total. The molecule has 1 aromatic rings. The van der Waals surface area contributed by atoms with Crippen LogP contribution in [0.25, 0.3) is 0 Å². The fourth-order valence-corrected chi connectivity index (χ4v) is 1.75. The van der Waals surface area contributed by atoms with Crippen LogP contribution < -0.4 is 0 Å². The fraction of sp³-hybridized carbons (Fsp3) is 0.467. The van der Waals surface area contributed by atoms with Gasteiger partial charge in [0.2, 0.25) is 0 Å². The zero-order valence-electron chi connectivity index (χ0n) is 11.9. The second-order valence-corrected chi connectivity index (χ2v) is 4.74. The largest absolute Gasteiger partial charge is 0.481 e. The SMILES string of the molecule is CC(CCCCC(=O)O)C(=O)OCc1ccccc1F.Cl. The number of esters is 1. The minimum atomic E-state index is -0.834.